The number of amidine groups is 1. The number of hydrogen-bond donors (Lipinski definition) is 1. The third kappa shape index (κ3) is 6.26. The Morgan fingerprint density at radius 1 is 1.15 bits per heavy atom. The number of aliphatic imine (C=N–C) groups is 1. The average molecular weight is 481 g/mol. The summed E-state index contributed by atoms with van der Waals surface area (Å²) in [4.78, 5) is 31.3. The van der Waals surface area contributed by atoms with Gasteiger partial charge in [0.15, 0.2) is 5.17 Å². The molecule has 11 heteroatoms. The highest BCUT2D eigenvalue weighted by Gasteiger charge is 2.39. The highest BCUT2D eigenvalue weighted by molar-refractivity contribution is 8.15. The van der Waals surface area contributed by atoms with Crippen LogP contribution in [0.5, 0.6) is 5.75 Å². The number of nitrogens with zero attached hydrogens (tertiary/aromatic N) is 2. The van der Waals surface area contributed by atoms with E-state index in [1.54, 1.807) is 31.4 Å². The molecular formula is C22H22F3N3O4S. The molecule has 0 spiro atoms. The number of ether oxygens (including phenoxy) is 2. The van der Waals surface area contributed by atoms with Crippen LogP contribution in [0.2, 0.25) is 0 Å². The maximum absolute atomic E-state index is 13.2. The third-order valence-electron chi connectivity index (χ3n) is 4.71. The maximum Gasteiger partial charge on any atom is 0.418 e. The quantitative estimate of drug-likeness (QED) is 0.608. The van der Waals surface area contributed by atoms with Gasteiger partial charge in [-0.25, -0.2) is 4.99 Å². The van der Waals surface area contributed by atoms with Crippen LogP contribution in [0.1, 0.15) is 12.0 Å². The van der Waals surface area contributed by atoms with E-state index in [4.69, 9.17) is 9.47 Å². The summed E-state index contributed by atoms with van der Waals surface area (Å²) in [5.74, 6) is -0.405. The lowest BCUT2D eigenvalue weighted by molar-refractivity contribution is -0.137. The Bertz CT molecular complexity index is 1030. The largest absolute Gasteiger partial charge is 0.497 e. The van der Waals surface area contributed by atoms with Crippen molar-refractivity contribution in [1.82, 2.24) is 4.90 Å². The van der Waals surface area contributed by atoms with E-state index < -0.39 is 22.9 Å². The molecule has 0 aromatic heterocycles. The monoisotopic (exact) mass is 481 g/mol. The Morgan fingerprint density at radius 2 is 1.85 bits per heavy atom. The number of thioether (sulfide) groups is 1. The molecule has 2 aromatic rings. The molecule has 2 amide bonds. The van der Waals surface area contributed by atoms with Crippen LogP contribution in [-0.2, 0) is 20.5 Å². The summed E-state index contributed by atoms with van der Waals surface area (Å²) < 4.78 is 49.7. The van der Waals surface area contributed by atoms with Gasteiger partial charge in [0, 0.05) is 13.5 Å². The molecular weight excluding hydrogens is 459 g/mol. The average Bonchev–Trinajstić information content (AvgIpc) is 3.06. The van der Waals surface area contributed by atoms with Crippen LogP contribution in [0.25, 0.3) is 0 Å². The SMILES string of the molecule is COCCN1C(=O)C(CC(=O)Nc2ccccc2C(F)(F)F)SC1=Nc1ccc(OC)cc1. The number of para-hydroxylation sites is 1. The summed E-state index contributed by atoms with van der Waals surface area (Å²) in [6, 6.07) is 11.6. The van der Waals surface area contributed by atoms with E-state index in [0.717, 1.165) is 17.8 Å². The number of benzene rings is 2. The van der Waals surface area contributed by atoms with Gasteiger partial charge in [0.2, 0.25) is 11.8 Å². The van der Waals surface area contributed by atoms with Crippen molar-refractivity contribution in [2.45, 2.75) is 17.8 Å². The predicted molar refractivity (Wildman–Crippen MR) is 120 cm³/mol. The lowest BCUT2D eigenvalue weighted by Crippen LogP contribution is -2.35. The van der Waals surface area contributed by atoms with E-state index in [0.29, 0.717) is 16.6 Å². The Balaban J connectivity index is 1.76. The van der Waals surface area contributed by atoms with Gasteiger partial charge in [-0.15, -0.1) is 0 Å². The molecule has 1 saturated heterocycles. The number of halogens is 3. The molecule has 3 rings (SSSR count). The fourth-order valence-corrected chi connectivity index (χ4v) is 4.27. The second kappa shape index (κ2) is 10.7. The zero-order valence-electron chi connectivity index (χ0n) is 17.9. The van der Waals surface area contributed by atoms with Crippen LogP contribution < -0.4 is 10.1 Å². The molecule has 1 unspecified atom stereocenters. The first kappa shape index (κ1) is 24.6. The topological polar surface area (TPSA) is 80.2 Å². The van der Waals surface area contributed by atoms with Crippen molar-refractivity contribution >= 4 is 40.1 Å². The summed E-state index contributed by atoms with van der Waals surface area (Å²) in [6.07, 6.45) is -4.92. The van der Waals surface area contributed by atoms with Crippen LogP contribution in [0.15, 0.2) is 53.5 Å². The van der Waals surface area contributed by atoms with Crippen molar-refractivity contribution < 1.29 is 32.2 Å². The molecule has 1 aliphatic heterocycles. The molecule has 0 aliphatic carbocycles. The zero-order chi connectivity index (χ0) is 24.0. The first-order valence-corrected chi connectivity index (χ1v) is 10.8. The minimum Gasteiger partial charge on any atom is -0.497 e. The Labute approximate surface area is 193 Å². The predicted octanol–water partition coefficient (Wildman–Crippen LogP) is 4.32. The van der Waals surface area contributed by atoms with Gasteiger partial charge in [0.05, 0.1) is 37.2 Å². The number of rotatable bonds is 8. The minimum atomic E-state index is -4.61. The summed E-state index contributed by atoms with van der Waals surface area (Å²) >= 11 is 1.09. The lowest BCUT2D eigenvalue weighted by Gasteiger charge is -2.16. The van der Waals surface area contributed by atoms with Gasteiger partial charge >= 0.3 is 6.18 Å². The Kier molecular flexibility index (Phi) is 7.98. The highest BCUT2D eigenvalue weighted by atomic mass is 32.2. The zero-order valence-corrected chi connectivity index (χ0v) is 18.7. The smallest absolute Gasteiger partial charge is 0.418 e. The van der Waals surface area contributed by atoms with Crippen molar-refractivity contribution in [2.24, 2.45) is 4.99 Å². The molecule has 0 radical (unpaired) electrons. The first-order valence-electron chi connectivity index (χ1n) is 9.88. The summed E-state index contributed by atoms with van der Waals surface area (Å²) in [6.45, 7) is 0.484. The van der Waals surface area contributed by atoms with Gasteiger partial charge < -0.3 is 14.8 Å². The molecule has 1 aliphatic rings. The minimum absolute atomic E-state index is 0.229. The molecule has 1 heterocycles. The van der Waals surface area contributed by atoms with Crippen molar-refractivity contribution in [2.75, 3.05) is 32.7 Å². The van der Waals surface area contributed by atoms with Gasteiger partial charge in [-0.3, -0.25) is 14.5 Å². The Hall–Kier alpha value is -3.05. The molecule has 1 atom stereocenters. The normalized spacial score (nSPS) is 17.5. The van der Waals surface area contributed by atoms with Crippen LogP contribution in [0.3, 0.4) is 0 Å². The van der Waals surface area contributed by atoms with E-state index in [2.05, 4.69) is 10.3 Å². The summed E-state index contributed by atoms with van der Waals surface area (Å²) in [5, 5.41) is 1.84. The van der Waals surface area contributed by atoms with E-state index in [1.165, 1.54) is 30.2 Å². The van der Waals surface area contributed by atoms with E-state index in [9.17, 15) is 22.8 Å². The lowest BCUT2D eigenvalue weighted by atomic mass is 10.1. The van der Waals surface area contributed by atoms with Crippen LogP contribution in [0.4, 0.5) is 24.5 Å². The van der Waals surface area contributed by atoms with Gasteiger partial charge in [-0.1, -0.05) is 23.9 Å². The second-order valence-corrected chi connectivity index (χ2v) is 8.15. The highest BCUT2D eigenvalue weighted by Crippen LogP contribution is 2.36. The number of carbonyl (C=O) groups is 2. The number of nitrogens with one attached hydrogen (secondary N) is 1. The van der Waals surface area contributed by atoms with Gasteiger partial charge in [-0.05, 0) is 36.4 Å². The molecule has 0 saturated carbocycles. The van der Waals surface area contributed by atoms with Crippen molar-refractivity contribution in [3.05, 3.63) is 54.1 Å². The summed E-state index contributed by atoms with van der Waals surface area (Å²) in [7, 11) is 3.04. The molecule has 1 N–H and O–H groups in total. The van der Waals surface area contributed by atoms with Crippen LogP contribution in [0, 0.1) is 0 Å². The standard InChI is InChI=1S/C22H22F3N3O4S/c1-31-12-11-28-20(30)18(33-21(28)26-14-7-9-15(32-2)10-8-14)13-19(29)27-17-6-4-3-5-16(17)22(23,24)25/h3-10,18H,11-13H2,1-2H3,(H,27,29). The van der Waals surface area contributed by atoms with Crippen LogP contribution >= 0.6 is 11.8 Å². The fraction of sp³-hybridized carbons (Fsp3) is 0.318. The molecule has 176 valence electrons. The fourth-order valence-electron chi connectivity index (χ4n) is 3.09. The summed E-state index contributed by atoms with van der Waals surface area (Å²) in [5.41, 5.74) is -0.723. The number of methoxy groups -OCH3 is 2. The van der Waals surface area contributed by atoms with E-state index in [-0.39, 0.29) is 31.2 Å². The van der Waals surface area contributed by atoms with Crippen molar-refractivity contribution in [3.63, 3.8) is 0 Å². The Morgan fingerprint density at radius 3 is 2.48 bits per heavy atom. The first-order chi connectivity index (χ1) is 15.7. The third-order valence-corrected chi connectivity index (χ3v) is 5.89. The molecule has 33 heavy (non-hydrogen) atoms. The molecule has 2 aromatic carbocycles. The van der Waals surface area contributed by atoms with Gasteiger partial charge in [0.1, 0.15) is 11.0 Å². The van der Waals surface area contributed by atoms with Gasteiger partial charge in [-0.2, -0.15) is 13.2 Å². The van der Waals surface area contributed by atoms with Crippen molar-refractivity contribution in [3.8, 4) is 5.75 Å². The molecule has 0 bridgehead atoms. The number of amides is 2. The number of hydrogen-bond acceptors (Lipinski definition) is 6. The maximum atomic E-state index is 13.2. The molecule has 7 nitrogen and oxygen atoms in total. The van der Waals surface area contributed by atoms with Crippen molar-refractivity contribution in [1.29, 1.82) is 0 Å². The van der Waals surface area contributed by atoms with Gasteiger partial charge in [0.25, 0.3) is 0 Å². The second-order valence-electron chi connectivity index (χ2n) is 6.98. The van der Waals surface area contributed by atoms with E-state index >= 15 is 0 Å². The van der Waals surface area contributed by atoms with E-state index in [1.807, 2.05) is 0 Å². The molecule has 1 fully saturated rings. The number of carbonyl (C=O) groups excluding carboxylic acids is 2. The number of anilines is 1. The van der Waals surface area contributed by atoms with Crippen LogP contribution in [-0.4, -0.2) is 54.5 Å². The number of alkyl halides is 3.